The van der Waals surface area contributed by atoms with Gasteiger partial charge in [-0.1, -0.05) is 30.6 Å². The lowest BCUT2D eigenvalue weighted by Crippen LogP contribution is -2.22. The van der Waals surface area contributed by atoms with Crippen molar-refractivity contribution in [3.8, 4) is 17.2 Å². The summed E-state index contributed by atoms with van der Waals surface area (Å²) in [6.07, 6.45) is 0. The number of phenolic OH excluding ortho intramolecular Hbond substituents is 1. The number of rotatable bonds is 2. The van der Waals surface area contributed by atoms with Gasteiger partial charge in [-0.05, 0) is 18.2 Å². The minimum absolute atomic E-state index is 0.124. The van der Waals surface area contributed by atoms with Gasteiger partial charge in [-0.25, -0.2) is 0 Å². The van der Waals surface area contributed by atoms with Gasteiger partial charge in [0.25, 0.3) is 5.89 Å². The zero-order valence-electron chi connectivity index (χ0n) is 11.6. The normalized spacial score (nSPS) is 26.0. The summed E-state index contributed by atoms with van der Waals surface area (Å²) in [5.41, 5.74) is 0.560. The van der Waals surface area contributed by atoms with Crippen LogP contribution in [-0.4, -0.2) is 31.5 Å². The summed E-state index contributed by atoms with van der Waals surface area (Å²) >= 11 is 9.93. The van der Waals surface area contributed by atoms with Gasteiger partial charge in [-0.15, -0.1) is 11.8 Å². The lowest BCUT2D eigenvalue weighted by Gasteiger charge is -2.29. The summed E-state index contributed by atoms with van der Waals surface area (Å²) in [6.45, 7) is 4.47. The Hall–Kier alpha value is -0.850. The first-order valence-electron chi connectivity index (χ1n) is 6.64. The molecule has 1 aromatic heterocycles. The maximum atomic E-state index is 9.56. The fourth-order valence-corrected chi connectivity index (χ4v) is 5.10. The van der Waals surface area contributed by atoms with E-state index in [2.05, 4.69) is 24.0 Å². The molecule has 3 unspecified atom stereocenters. The molecular weight excluding hydrogens is 328 g/mol. The number of phenols is 1. The van der Waals surface area contributed by atoms with Gasteiger partial charge in [0, 0.05) is 16.3 Å². The third-order valence-electron chi connectivity index (χ3n) is 3.46. The zero-order chi connectivity index (χ0) is 15.0. The first-order valence-corrected chi connectivity index (χ1v) is 9.01. The fraction of sp³-hybridized carbons (Fsp3) is 0.429. The first kappa shape index (κ1) is 15.1. The Morgan fingerprint density at radius 3 is 2.90 bits per heavy atom. The maximum absolute atomic E-state index is 9.56. The topological polar surface area (TPSA) is 59.2 Å². The minimum atomic E-state index is 0.124. The molecule has 0 saturated carbocycles. The van der Waals surface area contributed by atoms with Crippen molar-refractivity contribution in [2.75, 3.05) is 5.75 Å². The third-order valence-corrected chi connectivity index (χ3v) is 7.18. The summed E-state index contributed by atoms with van der Waals surface area (Å²) in [4.78, 5) is 4.46. The average Bonchev–Trinajstić information content (AvgIpc) is 2.94. The summed E-state index contributed by atoms with van der Waals surface area (Å²) in [6, 6.07) is 4.68. The van der Waals surface area contributed by atoms with Crippen molar-refractivity contribution in [3.63, 3.8) is 0 Å². The van der Waals surface area contributed by atoms with E-state index in [0.29, 0.717) is 32.8 Å². The van der Waals surface area contributed by atoms with Crippen LogP contribution in [0.2, 0.25) is 5.02 Å². The molecular formula is C14H15ClN2O2S2. The van der Waals surface area contributed by atoms with Crippen molar-refractivity contribution >= 4 is 35.1 Å². The lowest BCUT2D eigenvalue weighted by molar-refractivity contribution is 0.422. The van der Waals surface area contributed by atoms with E-state index in [4.69, 9.17) is 16.1 Å². The largest absolute Gasteiger partial charge is 0.508 e. The molecule has 0 amide bonds. The molecule has 1 aliphatic rings. The molecule has 1 aromatic carbocycles. The molecule has 21 heavy (non-hydrogen) atoms. The van der Waals surface area contributed by atoms with Crippen molar-refractivity contribution in [2.24, 2.45) is 0 Å². The molecule has 0 spiro atoms. The molecule has 112 valence electrons. The second kappa shape index (κ2) is 6.10. The van der Waals surface area contributed by atoms with Crippen molar-refractivity contribution in [3.05, 3.63) is 29.0 Å². The van der Waals surface area contributed by atoms with E-state index < -0.39 is 0 Å². The number of benzene rings is 1. The van der Waals surface area contributed by atoms with Gasteiger partial charge >= 0.3 is 0 Å². The number of thioether (sulfide) groups is 2. The predicted octanol–water partition coefficient (Wildman–Crippen LogP) is 4.39. The monoisotopic (exact) mass is 342 g/mol. The fourth-order valence-electron chi connectivity index (χ4n) is 2.07. The van der Waals surface area contributed by atoms with E-state index in [-0.39, 0.29) is 11.0 Å². The van der Waals surface area contributed by atoms with Crippen LogP contribution < -0.4 is 0 Å². The van der Waals surface area contributed by atoms with Gasteiger partial charge in [0.15, 0.2) is 5.82 Å². The number of halogens is 1. The van der Waals surface area contributed by atoms with E-state index in [1.807, 2.05) is 23.5 Å². The molecule has 2 aromatic rings. The first-order chi connectivity index (χ1) is 10.0. The SMILES string of the molecule is CC1SCC(c2noc(-c3cc(O)ccc3Cl)n2)SC1C. The van der Waals surface area contributed by atoms with Crippen molar-refractivity contribution < 1.29 is 9.63 Å². The van der Waals surface area contributed by atoms with Crippen LogP contribution in [0.4, 0.5) is 0 Å². The van der Waals surface area contributed by atoms with Gasteiger partial charge in [-0.3, -0.25) is 0 Å². The Morgan fingerprint density at radius 2 is 2.14 bits per heavy atom. The second-order valence-corrected chi connectivity index (χ2v) is 8.39. The number of aromatic nitrogens is 2. The van der Waals surface area contributed by atoms with Gasteiger partial charge in [0.05, 0.1) is 15.8 Å². The van der Waals surface area contributed by atoms with E-state index in [9.17, 15) is 5.11 Å². The lowest BCUT2D eigenvalue weighted by atomic mass is 10.2. The molecule has 1 N–H and O–H groups in total. The predicted molar refractivity (Wildman–Crippen MR) is 88.1 cm³/mol. The van der Waals surface area contributed by atoms with Crippen molar-refractivity contribution in [1.29, 1.82) is 0 Å². The van der Waals surface area contributed by atoms with Crippen LogP contribution in [-0.2, 0) is 0 Å². The number of hydrogen-bond donors (Lipinski definition) is 1. The minimum Gasteiger partial charge on any atom is -0.508 e. The van der Waals surface area contributed by atoms with Crippen LogP contribution in [0.25, 0.3) is 11.5 Å². The highest BCUT2D eigenvalue weighted by Gasteiger charge is 2.30. The van der Waals surface area contributed by atoms with Crippen LogP contribution in [0.15, 0.2) is 22.7 Å². The number of aromatic hydroxyl groups is 1. The molecule has 3 atom stereocenters. The van der Waals surface area contributed by atoms with Gasteiger partial charge in [-0.2, -0.15) is 16.7 Å². The molecule has 2 heterocycles. The van der Waals surface area contributed by atoms with Crippen LogP contribution >= 0.6 is 35.1 Å². The Kier molecular flexibility index (Phi) is 4.38. The number of nitrogens with zero attached hydrogens (tertiary/aromatic N) is 2. The van der Waals surface area contributed by atoms with E-state index in [1.165, 1.54) is 12.1 Å². The Balaban J connectivity index is 1.85. The zero-order valence-corrected chi connectivity index (χ0v) is 14.0. The Morgan fingerprint density at radius 1 is 1.33 bits per heavy atom. The molecule has 3 rings (SSSR count). The third kappa shape index (κ3) is 3.17. The number of hydrogen-bond acceptors (Lipinski definition) is 6. The van der Waals surface area contributed by atoms with Crippen LogP contribution in [0, 0.1) is 0 Å². The summed E-state index contributed by atoms with van der Waals surface area (Å²) in [5, 5.41) is 15.6. The molecule has 0 bridgehead atoms. The molecule has 4 nitrogen and oxygen atoms in total. The maximum Gasteiger partial charge on any atom is 0.259 e. The molecule has 0 aliphatic carbocycles. The van der Waals surface area contributed by atoms with Gasteiger partial charge in [0.1, 0.15) is 5.75 Å². The summed E-state index contributed by atoms with van der Waals surface area (Å²) < 4.78 is 5.32. The highest BCUT2D eigenvalue weighted by molar-refractivity contribution is 8.07. The van der Waals surface area contributed by atoms with Crippen LogP contribution in [0.3, 0.4) is 0 Å². The van der Waals surface area contributed by atoms with Crippen LogP contribution in [0.1, 0.15) is 24.9 Å². The molecule has 1 saturated heterocycles. The van der Waals surface area contributed by atoms with Gasteiger partial charge < -0.3 is 9.63 Å². The van der Waals surface area contributed by atoms with E-state index in [0.717, 1.165) is 5.75 Å². The molecule has 7 heteroatoms. The molecule has 1 aliphatic heterocycles. The summed E-state index contributed by atoms with van der Waals surface area (Å²) in [7, 11) is 0. The van der Waals surface area contributed by atoms with Gasteiger partial charge in [0.2, 0.25) is 0 Å². The standard InChI is InChI=1S/C14H15ClN2O2S2/c1-7-8(2)21-12(6-20-7)13-16-14(19-17-13)10-5-9(18)3-4-11(10)15/h3-5,7-8,12,18H,6H2,1-2H3. The molecule has 0 radical (unpaired) electrons. The second-order valence-electron chi connectivity index (χ2n) is 4.99. The van der Waals surface area contributed by atoms with Crippen molar-refractivity contribution in [1.82, 2.24) is 10.1 Å². The van der Waals surface area contributed by atoms with Crippen LogP contribution in [0.5, 0.6) is 5.75 Å². The Labute approximate surface area is 136 Å². The van der Waals surface area contributed by atoms with E-state index >= 15 is 0 Å². The Bertz CT molecular complexity index is 650. The average molecular weight is 343 g/mol. The van der Waals surface area contributed by atoms with E-state index in [1.54, 1.807) is 6.07 Å². The quantitative estimate of drug-likeness (QED) is 0.873. The molecule has 1 fully saturated rings. The highest BCUT2D eigenvalue weighted by Crippen LogP contribution is 2.43. The smallest absolute Gasteiger partial charge is 0.259 e. The summed E-state index contributed by atoms with van der Waals surface area (Å²) in [5.74, 6) is 2.14. The van der Waals surface area contributed by atoms with Crippen molar-refractivity contribution in [2.45, 2.75) is 29.6 Å². The highest BCUT2D eigenvalue weighted by atomic mass is 35.5.